The first-order valence-electron chi connectivity index (χ1n) is 14.9. The van der Waals surface area contributed by atoms with E-state index in [0.717, 1.165) is 48.6 Å². The van der Waals surface area contributed by atoms with Crippen molar-refractivity contribution in [3.63, 3.8) is 0 Å². The summed E-state index contributed by atoms with van der Waals surface area (Å²) in [7, 11) is 0. The molecule has 2 aliphatic heterocycles. The summed E-state index contributed by atoms with van der Waals surface area (Å²) < 4.78 is 19.8. The number of anilines is 1. The minimum Gasteiger partial charge on any atom is -0.361 e. The summed E-state index contributed by atoms with van der Waals surface area (Å²) in [5.74, 6) is 0.466. The number of benzene rings is 1. The average Bonchev–Trinajstić information content (AvgIpc) is 3.65. The number of carbonyl (C=O) groups is 1. The molecule has 41 heavy (non-hydrogen) atoms. The highest BCUT2D eigenvalue weighted by molar-refractivity contribution is 5.86. The molecular weight excluding hydrogens is 523 g/mol. The van der Waals surface area contributed by atoms with Crippen molar-refractivity contribution in [3.05, 3.63) is 54.2 Å². The Hall–Kier alpha value is -3.08. The van der Waals surface area contributed by atoms with Gasteiger partial charge < -0.3 is 24.6 Å². The number of carbonyl (C=O) groups excluding carboxylic acids is 1. The molecule has 2 saturated heterocycles. The minimum atomic E-state index is -1.25. The zero-order chi connectivity index (χ0) is 28.7. The molecule has 220 valence electrons. The van der Waals surface area contributed by atoms with E-state index in [-0.39, 0.29) is 35.6 Å². The van der Waals surface area contributed by atoms with Gasteiger partial charge in [-0.2, -0.15) is 0 Å². The Bertz CT molecular complexity index is 1350. The van der Waals surface area contributed by atoms with Crippen LogP contribution in [0.3, 0.4) is 0 Å². The zero-order valence-electron chi connectivity index (χ0n) is 24.1. The molecule has 1 amide bonds. The number of nitrogens with zero attached hydrogens (tertiary/aromatic N) is 4. The third-order valence-electron chi connectivity index (χ3n) is 8.97. The van der Waals surface area contributed by atoms with Crippen LogP contribution >= 0.6 is 0 Å². The maximum Gasteiger partial charge on any atom is 0.240 e. The molecule has 9 nitrogen and oxygen atoms in total. The van der Waals surface area contributed by atoms with E-state index in [1.54, 1.807) is 18.5 Å². The molecule has 3 fully saturated rings. The number of amides is 1. The molecule has 1 saturated carbocycles. The van der Waals surface area contributed by atoms with Gasteiger partial charge in [-0.3, -0.25) is 10.1 Å². The Morgan fingerprint density at radius 1 is 1.17 bits per heavy atom. The first kappa shape index (κ1) is 28.1. The van der Waals surface area contributed by atoms with Crippen molar-refractivity contribution in [1.29, 1.82) is 0 Å². The standard InChI is InChI=1S/C31H41FN6O3/c1-31(2,3)41-30(40)36-26(19-8-5-4-6-9-19)28(39)37-15-12-25-27(37)23(18-38(25)29-33-13-7-14-34-29)22-17-35-24-16-20(32)10-11-21(22)24/h7,10-11,13-14,16-17,19,23,25-27,30,35-36,40H,4-6,8-9,12,15,18H2,1-3H3. The summed E-state index contributed by atoms with van der Waals surface area (Å²) in [6, 6.07) is 6.00. The van der Waals surface area contributed by atoms with Crippen LogP contribution in [0.2, 0.25) is 0 Å². The van der Waals surface area contributed by atoms with Crippen molar-refractivity contribution in [1.82, 2.24) is 25.2 Å². The fraction of sp³-hybridized carbons (Fsp3) is 0.581. The highest BCUT2D eigenvalue weighted by Gasteiger charge is 2.53. The summed E-state index contributed by atoms with van der Waals surface area (Å²) in [6.07, 6.45) is 10.2. The number of halogens is 1. The summed E-state index contributed by atoms with van der Waals surface area (Å²) in [5.41, 5.74) is 1.24. The van der Waals surface area contributed by atoms with Crippen molar-refractivity contribution in [2.24, 2.45) is 5.92 Å². The largest absolute Gasteiger partial charge is 0.361 e. The summed E-state index contributed by atoms with van der Waals surface area (Å²) >= 11 is 0. The number of hydrogen-bond acceptors (Lipinski definition) is 7. The van der Waals surface area contributed by atoms with Crippen LogP contribution in [0.1, 0.15) is 70.8 Å². The predicted octanol–water partition coefficient (Wildman–Crippen LogP) is 4.30. The van der Waals surface area contributed by atoms with Crippen LogP contribution < -0.4 is 10.2 Å². The molecule has 2 aromatic heterocycles. The third-order valence-corrected chi connectivity index (χ3v) is 8.97. The summed E-state index contributed by atoms with van der Waals surface area (Å²) in [5, 5.41) is 15.0. The Kier molecular flexibility index (Phi) is 7.74. The highest BCUT2D eigenvalue weighted by Crippen LogP contribution is 2.44. The van der Waals surface area contributed by atoms with Gasteiger partial charge in [0.1, 0.15) is 5.82 Å². The molecule has 0 spiro atoms. The van der Waals surface area contributed by atoms with Gasteiger partial charge in [0.2, 0.25) is 18.3 Å². The number of fused-ring (bicyclic) bond motifs is 2. The van der Waals surface area contributed by atoms with E-state index in [9.17, 15) is 14.3 Å². The lowest BCUT2D eigenvalue weighted by molar-refractivity contribution is -0.190. The number of aromatic amines is 1. The number of nitrogens with one attached hydrogen (secondary N) is 2. The number of hydrogen-bond donors (Lipinski definition) is 3. The molecule has 5 unspecified atom stereocenters. The van der Waals surface area contributed by atoms with Crippen molar-refractivity contribution < 1.29 is 19.0 Å². The van der Waals surface area contributed by atoms with Crippen LogP contribution in [0.15, 0.2) is 42.9 Å². The van der Waals surface area contributed by atoms with Crippen molar-refractivity contribution >= 4 is 22.8 Å². The van der Waals surface area contributed by atoms with Crippen LogP contribution in [0.25, 0.3) is 10.9 Å². The quantitative estimate of drug-likeness (QED) is 0.368. The molecule has 3 aromatic rings. The molecule has 0 radical (unpaired) electrons. The fourth-order valence-electron chi connectivity index (χ4n) is 7.29. The van der Waals surface area contributed by atoms with Crippen LogP contribution in [0.4, 0.5) is 10.3 Å². The second-order valence-electron chi connectivity index (χ2n) is 12.7. The van der Waals surface area contributed by atoms with Gasteiger partial charge in [0.15, 0.2) is 0 Å². The van der Waals surface area contributed by atoms with Gasteiger partial charge in [-0.1, -0.05) is 19.3 Å². The molecule has 1 aliphatic carbocycles. The molecule has 1 aromatic carbocycles. The van der Waals surface area contributed by atoms with Crippen LogP contribution in [-0.2, 0) is 9.53 Å². The Labute approximate surface area is 240 Å². The monoisotopic (exact) mass is 564 g/mol. The average molecular weight is 565 g/mol. The van der Waals surface area contributed by atoms with Gasteiger partial charge >= 0.3 is 0 Å². The van der Waals surface area contributed by atoms with Crippen molar-refractivity contribution in [2.45, 2.75) is 95.4 Å². The lowest BCUT2D eigenvalue weighted by Crippen LogP contribution is -2.57. The molecule has 3 N–H and O–H groups in total. The molecular formula is C31H41FN6O3. The molecule has 6 rings (SSSR count). The number of ether oxygens (including phenoxy) is 1. The van der Waals surface area contributed by atoms with Crippen molar-refractivity contribution in [2.75, 3.05) is 18.0 Å². The van der Waals surface area contributed by atoms with Gasteiger partial charge in [-0.15, -0.1) is 0 Å². The number of rotatable bonds is 7. The summed E-state index contributed by atoms with van der Waals surface area (Å²) in [6.45, 7) is 6.90. The molecule has 10 heteroatoms. The van der Waals surface area contributed by atoms with Crippen LogP contribution in [0.5, 0.6) is 0 Å². The van der Waals surface area contributed by atoms with E-state index in [0.29, 0.717) is 19.0 Å². The predicted molar refractivity (Wildman–Crippen MR) is 155 cm³/mol. The Morgan fingerprint density at radius 2 is 1.93 bits per heavy atom. The number of aromatic nitrogens is 3. The molecule has 0 bridgehead atoms. The number of likely N-dealkylation sites (tertiary alicyclic amines) is 1. The van der Waals surface area contributed by atoms with E-state index < -0.39 is 18.1 Å². The van der Waals surface area contributed by atoms with E-state index in [1.165, 1.54) is 18.6 Å². The number of H-pyrrole nitrogens is 1. The molecule has 4 heterocycles. The van der Waals surface area contributed by atoms with Crippen molar-refractivity contribution in [3.8, 4) is 0 Å². The minimum absolute atomic E-state index is 0.00711. The second kappa shape index (κ2) is 11.3. The van der Waals surface area contributed by atoms with E-state index in [4.69, 9.17) is 4.74 Å². The van der Waals surface area contributed by atoms with Gasteiger partial charge in [0.25, 0.3) is 0 Å². The lowest BCUT2D eigenvalue weighted by atomic mass is 9.83. The smallest absolute Gasteiger partial charge is 0.240 e. The zero-order valence-corrected chi connectivity index (χ0v) is 24.1. The first-order valence-corrected chi connectivity index (χ1v) is 14.9. The maximum absolute atomic E-state index is 14.5. The maximum atomic E-state index is 14.5. The SMILES string of the molecule is CC(C)(C)OC(O)NC(C(=O)N1CCC2C1C(c1c[nH]c3cc(F)ccc13)CN2c1ncccn1)C1CCCCC1. The second-order valence-corrected chi connectivity index (χ2v) is 12.7. The molecule has 3 aliphatic rings. The van der Waals surface area contributed by atoms with Gasteiger partial charge in [-0.25, -0.2) is 14.4 Å². The summed E-state index contributed by atoms with van der Waals surface area (Å²) in [4.78, 5) is 31.2. The normalized spacial score (nSPS) is 25.0. The number of aliphatic hydroxyl groups is 1. The fourth-order valence-corrected chi connectivity index (χ4v) is 7.29. The topological polar surface area (TPSA) is 107 Å². The lowest BCUT2D eigenvalue weighted by Gasteiger charge is -2.38. The highest BCUT2D eigenvalue weighted by atomic mass is 19.1. The Balaban J connectivity index is 1.35. The number of aliphatic hydroxyl groups excluding tert-OH is 1. The van der Waals surface area contributed by atoms with E-state index >= 15 is 0 Å². The van der Waals surface area contributed by atoms with E-state index in [1.807, 2.05) is 37.9 Å². The van der Waals surface area contributed by atoms with Crippen LogP contribution in [-0.4, -0.2) is 74.1 Å². The van der Waals surface area contributed by atoms with Gasteiger partial charge in [0, 0.05) is 48.5 Å². The first-order chi connectivity index (χ1) is 19.7. The van der Waals surface area contributed by atoms with Gasteiger partial charge in [-0.05, 0) is 75.8 Å². The third kappa shape index (κ3) is 5.69. The van der Waals surface area contributed by atoms with E-state index in [2.05, 4.69) is 25.2 Å². The van der Waals surface area contributed by atoms with Crippen LogP contribution in [0, 0.1) is 11.7 Å². The Morgan fingerprint density at radius 3 is 2.66 bits per heavy atom. The molecule has 5 atom stereocenters. The van der Waals surface area contributed by atoms with Gasteiger partial charge in [0.05, 0.1) is 23.7 Å².